The van der Waals surface area contributed by atoms with Crippen molar-refractivity contribution in [1.29, 1.82) is 0 Å². The highest BCUT2D eigenvalue weighted by Gasteiger charge is 2.29. The zero-order chi connectivity index (χ0) is 24.2. The van der Waals surface area contributed by atoms with Gasteiger partial charge in [0.05, 0.1) is 36.8 Å². The van der Waals surface area contributed by atoms with Crippen LogP contribution in [0.15, 0.2) is 41.7 Å². The maximum absolute atomic E-state index is 13.3. The Kier molecular flexibility index (Phi) is 7.84. The molecule has 2 heterocycles. The van der Waals surface area contributed by atoms with Crippen LogP contribution in [0.5, 0.6) is 0 Å². The van der Waals surface area contributed by atoms with Crippen LogP contribution >= 0.6 is 0 Å². The van der Waals surface area contributed by atoms with Gasteiger partial charge in [0, 0.05) is 18.2 Å². The molecule has 1 saturated heterocycles. The van der Waals surface area contributed by atoms with E-state index in [1.165, 1.54) is 0 Å². The molecule has 0 saturated carbocycles. The van der Waals surface area contributed by atoms with Crippen LogP contribution in [0.4, 0.5) is 4.79 Å². The first-order valence-electron chi connectivity index (χ1n) is 11.5. The van der Waals surface area contributed by atoms with E-state index >= 15 is 0 Å². The second-order valence-electron chi connectivity index (χ2n) is 9.92. The zero-order valence-corrected chi connectivity index (χ0v) is 21.1. The summed E-state index contributed by atoms with van der Waals surface area (Å²) in [5, 5.41) is 3.02. The first-order chi connectivity index (χ1) is 15.5. The van der Waals surface area contributed by atoms with Gasteiger partial charge in [0.1, 0.15) is 0 Å². The van der Waals surface area contributed by atoms with E-state index in [1.54, 1.807) is 27.8 Å². The number of imidazole rings is 1. The molecule has 1 N–H and O–H groups in total. The van der Waals surface area contributed by atoms with Gasteiger partial charge in [0.2, 0.25) is 15.0 Å². The largest absolute Gasteiger partial charge is 0.376 e. The average molecular weight is 477 g/mol. The summed E-state index contributed by atoms with van der Waals surface area (Å²) in [5.74, 6) is -0.131. The Hall–Kier alpha value is -2.39. The maximum Gasteiger partial charge on any atom is 0.318 e. The Morgan fingerprint density at radius 3 is 2.55 bits per heavy atom. The van der Waals surface area contributed by atoms with E-state index in [0.29, 0.717) is 24.4 Å². The lowest BCUT2D eigenvalue weighted by Gasteiger charge is -2.31. The number of carbonyl (C=O) groups excluding carboxylic acids is 1. The number of hydrogen-bond acceptors (Lipinski definition) is 5. The van der Waals surface area contributed by atoms with Crippen LogP contribution in [0.1, 0.15) is 58.7 Å². The molecular formula is C24H36N4O4S. The van der Waals surface area contributed by atoms with Crippen molar-refractivity contribution in [2.45, 2.75) is 89.1 Å². The molecule has 33 heavy (non-hydrogen) atoms. The van der Waals surface area contributed by atoms with Crippen LogP contribution in [0, 0.1) is 0 Å². The van der Waals surface area contributed by atoms with Crippen molar-refractivity contribution < 1.29 is 17.9 Å². The van der Waals surface area contributed by atoms with Gasteiger partial charge < -0.3 is 19.5 Å². The Bertz CT molecular complexity index is 1040. The second-order valence-corrected chi connectivity index (χ2v) is 11.8. The molecule has 1 aromatic carbocycles. The molecule has 0 spiro atoms. The summed E-state index contributed by atoms with van der Waals surface area (Å²) < 4.78 is 34.2. The van der Waals surface area contributed by atoms with E-state index in [4.69, 9.17) is 4.74 Å². The molecule has 182 valence electrons. The van der Waals surface area contributed by atoms with Crippen LogP contribution in [0.25, 0.3) is 0 Å². The SMILES string of the molecule is CC(C)N(Cc1cnc(S(=O)(=O)Cc2ccccc2)n1C[C@@H]1CCCO1)C(=O)NC(C)(C)C. The molecule has 8 nitrogen and oxygen atoms in total. The van der Waals surface area contributed by atoms with Gasteiger partial charge in [-0.15, -0.1) is 0 Å². The molecule has 0 aliphatic carbocycles. The van der Waals surface area contributed by atoms with Crippen LogP contribution in [0.2, 0.25) is 0 Å². The normalized spacial score (nSPS) is 16.8. The lowest BCUT2D eigenvalue weighted by atomic mass is 10.1. The standard InChI is InChI=1S/C24H36N4O4S/c1-18(2)27(22(29)26-24(3,4)5)15-20-14-25-23(28(20)16-21-12-9-13-32-21)33(30,31)17-19-10-7-6-8-11-19/h6-8,10-11,14,18,21H,9,12-13,15-17H2,1-5H3,(H,26,29)/t21-/m0/s1. The van der Waals surface area contributed by atoms with Crippen LogP contribution < -0.4 is 5.32 Å². The lowest BCUT2D eigenvalue weighted by Crippen LogP contribution is -2.50. The van der Waals surface area contributed by atoms with Crippen LogP contribution in [-0.2, 0) is 33.4 Å². The number of nitrogens with zero attached hydrogens (tertiary/aromatic N) is 3. The van der Waals surface area contributed by atoms with Gasteiger partial charge in [-0.3, -0.25) is 0 Å². The quantitative estimate of drug-likeness (QED) is 0.626. The minimum absolute atomic E-state index is 0.0248. The van der Waals surface area contributed by atoms with E-state index in [1.807, 2.05) is 52.8 Å². The van der Waals surface area contributed by atoms with Crippen molar-refractivity contribution in [3.8, 4) is 0 Å². The summed E-state index contributed by atoms with van der Waals surface area (Å²) in [4.78, 5) is 19.0. The highest BCUT2D eigenvalue weighted by molar-refractivity contribution is 7.90. The Morgan fingerprint density at radius 1 is 1.27 bits per heavy atom. The van der Waals surface area contributed by atoms with Crippen LogP contribution in [0.3, 0.4) is 0 Å². The molecule has 1 atom stereocenters. The third kappa shape index (κ3) is 6.80. The van der Waals surface area contributed by atoms with Crippen molar-refractivity contribution in [1.82, 2.24) is 19.8 Å². The fourth-order valence-corrected chi connectivity index (χ4v) is 5.37. The predicted octanol–water partition coefficient (Wildman–Crippen LogP) is 3.75. The number of hydrogen-bond donors (Lipinski definition) is 1. The number of carbonyl (C=O) groups is 1. The number of sulfone groups is 1. The Morgan fingerprint density at radius 2 is 1.97 bits per heavy atom. The van der Waals surface area contributed by atoms with Gasteiger partial charge in [-0.25, -0.2) is 18.2 Å². The van der Waals surface area contributed by atoms with Gasteiger partial charge in [-0.05, 0) is 53.0 Å². The smallest absolute Gasteiger partial charge is 0.318 e. The molecule has 1 aliphatic heterocycles. The lowest BCUT2D eigenvalue weighted by molar-refractivity contribution is 0.0932. The number of ether oxygens (including phenoxy) is 1. The first kappa shape index (κ1) is 25.2. The molecule has 9 heteroatoms. The summed E-state index contributed by atoms with van der Waals surface area (Å²) in [6, 6.07) is 8.81. The minimum Gasteiger partial charge on any atom is -0.376 e. The molecule has 3 rings (SSSR count). The monoisotopic (exact) mass is 476 g/mol. The molecule has 2 aromatic rings. The summed E-state index contributed by atoms with van der Waals surface area (Å²) in [6.07, 6.45) is 3.33. The number of rotatable bonds is 8. The van der Waals surface area contributed by atoms with Gasteiger partial charge in [0.15, 0.2) is 0 Å². The molecule has 1 fully saturated rings. The first-order valence-corrected chi connectivity index (χ1v) is 13.1. The Labute approximate surface area is 197 Å². The molecule has 1 aromatic heterocycles. The highest BCUT2D eigenvalue weighted by atomic mass is 32.2. The summed E-state index contributed by atoms with van der Waals surface area (Å²) >= 11 is 0. The van der Waals surface area contributed by atoms with Gasteiger partial charge in [0.25, 0.3) is 0 Å². The average Bonchev–Trinajstić information content (AvgIpc) is 3.35. The molecular weight excluding hydrogens is 440 g/mol. The summed E-state index contributed by atoms with van der Waals surface area (Å²) in [7, 11) is -3.69. The fourth-order valence-electron chi connectivity index (χ4n) is 3.87. The molecule has 0 bridgehead atoms. The zero-order valence-electron chi connectivity index (χ0n) is 20.2. The van der Waals surface area contributed by atoms with E-state index in [9.17, 15) is 13.2 Å². The van der Waals surface area contributed by atoms with Gasteiger partial charge in [-0.1, -0.05) is 30.3 Å². The van der Waals surface area contributed by atoms with Crippen molar-refractivity contribution >= 4 is 15.9 Å². The minimum atomic E-state index is -3.69. The highest BCUT2D eigenvalue weighted by Crippen LogP contribution is 2.23. The number of nitrogens with one attached hydrogen (secondary N) is 1. The number of aromatic nitrogens is 2. The number of urea groups is 1. The van der Waals surface area contributed by atoms with Crippen molar-refractivity contribution in [2.75, 3.05) is 6.61 Å². The number of benzene rings is 1. The van der Waals surface area contributed by atoms with Crippen LogP contribution in [-0.4, -0.2) is 53.2 Å². The Balaban J connectivity index is 1.94. The topological polar surface area (TPSA) is 93.5 Å². The molecule has 2 amide bonds. The van der Waals surface area contributed by atoms with Crippen molar-refractivity contribution in [2.24, 2.45) is 0 Å². The van der Waals surface area contributed by atoms with Gasteiger partial charge >= 0.3 is 6.03 Å². The molecule has 1 aliphatic rings. The van der Waals surface area contributed by atoms with Gasteiger partial charge in [-0.2, -0.15) is 0 Å². The molecule has 0 radical (unpaired) electrons. The number of amides is 2. The van der Waals surface area contributed by atoms with E-state index < -0.39 is 9.84 Å². The second kappa shape index (κ2) is 10.3. The van der Waals surface area contributed by atoms with Crippen molar-refractivity contribution in [3.63, 3.8) is 0 Å². The van der Waals surface area contributed by atoms with E-state index in [0.717, 1.165) is 12.8 Å². The fraction of sp³-hybridized carbons (Fsp3) is 0.583. The third-order valence-corrected chi connectivity index (χ3v) is 7.08. The predicted molar refractivity (Wildman–Crippen MR) is 127 cm³/mol. The third-order valence-electron chi connectivity index (χ3n) is 5.49. The van der Waals surface area contributed by atoms with Crippen molar-refractivity contribution in [3.05, 3.63) is 47.8 Å². The summed E-state index contributed by atoms with van der Waals surface area (Å²) in [5.41, 5.74) is 1.00. The molecule has 0 unspecified atom stereocenters. The summed E-state index contributed by atoms with van der Waals surface area (Å²) in [6.45, 7) is 11.0. The van der Waals surface area contributed by atoms with E-state index in [-0.39, 0.29) is 41.2 Å². The van der Waals surface area contributed by atoms with E-state index in [2.05, 4.69) is 10.3 Å². The maximum atomic E-state index is 13.3.